The van der Waals surface area contributed by atoms with Crippen LogP contribution in [0.1, 0.15) is 5.56 Å². The fourth-order valence-corrected chi connectivity index (χ4v) is 2.90. The van der Waals surface area contributed by atoms with E-state index in [1.165, 1.54) is 0 Å². The molecule has 1 N–H and O–H groups in total. The summed E-state index contributed by atoms with van der Waals surface area (Å²) in [7, 11) is 0. The zero-order chi connectivity index (χ0) is 15.6. The van der Waals surface area contributed by atoms with E-state index < -0.39 is 0 Å². The number of imidazole rings is 1. The van der Waals surface area contributed by atoms with Crippen LogP contribution in [0, 0.1) is 11.3 Å². The van der Waals surface area contributed by atoms with Crippen LogP contribution in [0.3, 0.4) is 0 Å². The molecule has 0 amide bonds. The molecule has 0 bridgehead atoms. The van der Waals surface area contributed by atoms with Gasteiger partial charge in [0, 0.05) is 32.4 Å². The van der Waals surface area contributed by atoms with E-state index in [9.17, 15) is 0 Å². The molecule has 23 heavy (non-hydrogen) atoms. The summed E-state index contributed by atoms with van der Waals surface area (Å²) < 4.78 is 0. The number of hydrogen-bond acceptors (Lipinski definition) is 5. The van der Waals surface area contributed by atoms with Gasteiger partial charge in [0.2, 0.25) is 5.95 Å². The Kier molecular flexibility index (Phi) is 3.31. The number of pyridine rings is 1. The standard InChI is InChI=1S/C17H16N6/c18-12-13-4-5-14-15(11-13)21-17(20-14)23-9-7-22(8-10-23)16-3-1-2-6-19-16/h1-6,11H,7-10H2,(H,20,21). The lowest BCUT2D eigenvalue weighted by Crippen LogP contribution is -2.47. The van der Waals surface area contributed by atoms with Crippen LogP contribution < -0.4 is 9.80 Å². The van der Waals surface area contributed by atoms with Crippen molar-refractivity contribution in [3.63, 3.8) is 0 Å². The van der Waals surface area contributed by atoms with Gasteiger partial charge in [-0.15, -0.1) is 0 Å². The SMILES string of the molecule is N#Cc1ccc2nc(N3CCN(c4ccccn4)CC3)[nH]c2c1. The monoisotopic (exact) mass is 304 g/mol. The normalized spacial score (nSPS) is 14.9. The molecule has 0 aliphatic carbocycles. The molecular weight excluding hydrogens is 288 g/mol. The number of fused-ring (bicyclic) bond motifs is 1. The molecule has 3 aromatic rings. The average molecular weight is 304 g/mol. The van der Waals surface area contributed by atoms with Gasteiger partial charge in [0.05, 0.1) is 22.7 Å². The van der Waals surface area contributed by atoms with Crippen LogP contribution in [0.25, 0.3) is 11.0 Å². The Morgan fingerprint density at radius 2 is 1.87 bits per heavy atom. The van der Waals surface area contributed by atoms with Gasteiger partial charge in [-0.2, -0.15) is 5.26 Å². The van der Waals surface area contributed by atoms with Crippen LogP contribution in [0.5, 0.6) is 0 Å². The molecule has 4 rings (SSSR count). The minimum Gasteiger partial charge on any atom is -0.353 e. The van der Waals surface area contributed by atoms with Gasteiger partial charge in [-0.1, -0.05) is 6.07 Å². The number of aromatic amines is 1. The van der Waals surface area contributed by atoms with E-state index in [1.54, 1.807) is 6.07 Å². The zero-order valence-corrected chi connectivity index (χ0v) is 12.6. The number of anilines is 2. The van der Waals surface area contributed by atoms with Gasteiger partial charge in [0.1, 0.15) is 5.82 Å². The number of nitrogens with one attached hydrogen (secondary N) is 1. The molecule has 6 nitrogen and oxygen atoms in total. The first-order chi connectivity index (χ1) is 11.3. The number of rotatable bonds is 2. The van der Waals surface area contributed by atoms with Gasteiger partial charge >= 0.3 is 0 Å². The molecule has 1 saturated heterocycles. The second-order valence-corrected chi connectivity index (χ2v) is 5.57. The van der Waals surface area contributed by atoms with Crippen molar-refractivity contribution < 1.29 is 0 Å². The van der Waals surface area contributed by atoms with Gasteiger partial charge in [-0.05, 0) is 30.3 Å². The summed E-state index contributed by atoms with van der Waals surface area (Å²) in [5, 5.41) is 8.98. The Bertz CT molecular complexity index is 856. The number of nitriles is 1. The van der Waals surface area contributed by atoms with Gasteiger partial charge in [-0.25, -0.2) is 9.97 Å². The molecular formula is C17H16N6. The molecule has 0 atom stereocenters. The van der Waals surface area contributed by atoms with E-state index in [0.29, 0.717) is 5.56 Å². The number of piperazine rings is 1. The second-order valence-electron chi connectivity index (χ2n) is 5.57. The maximum atomic E-state index is 8.98. The van der Waals surface area contributed by atoms with Crippen molar-refractivity contribution in [2.75, 3.05) is 36.0 Å². The number of aromatic nitrogens is 3. The molecule has 1 aliphatic rings. The number of H-pyrrole nitrogens is 1. The predicted octanol–water partition coefficient (Wildman–Crippen LogP) is 2.16. The van der Waals surface area contributed by atoms with E-state index in [4.69, 9.17) is 5.26 Å². The highest BCUT2D eigenvalue weighted by Crippen LogP contribution is 2.21. The second kappa shape index (κ2) is 5.61. The van der Waals surface area contributed by atoms with Crippen LogP contribution in [-0.4, -0.2) is 41.1 Å². The third-order valence-electron chi connectivity index (χ3n) is 4.15. The summed E-state index contributed by atoms with van der Waals surface area (Å²) in [5.41, 5.74) is 2.45. The van der Waals surface area contributed by atoms with Crippen LogP contribution in [0.15, 0.2) is 42.6 Å². The lowest BCUT2D eigenvalue weighted by molar-refractivity contribution is 0.638. The summed E-state index contributed by atoms with van der Waals surface area (Å²) >= 11 is 0. The number of nitrogens with zero attached hydrogens (tertiary/aromatic N) is 5. The number of benzene rings is 1. The largest absolute Gasteiger partial charge is 0.353 e. The van der Waals surface area contributed by atoms with Crippen molar-refractivity contribution in [2.24, 2.45) is 0 Å². The Morgan fingerprint density at radius 3 is 2.61 bits per heavy atom. The highest BCUT2D eigenvalue weighted by molar-refractivity contribution is 5.79. The molecule has 114 valence electrons. The van der Waals surface area contributed by atoms with E-state index in [0.717, 1.165) is 49.0 Å². The van der Waals surface area contributed by atoms with Crippen LogP contribution in [0.2, 0.25) is 0 Å². The molecule has 0 radical (unpaired) electrons. The first-order valence-corrected chi connectivity index (χ1v) is 7.64. The minimum atomic E-state index is 0.646. The third-order valence-corrected chi connectivity index (χ3v) is 4.15. The lowest BCUT2D eigenvalue weighted by Gasteiger charge is -2.35. The topological polar surface area (TPSA) is 71.8 Å². The van der Waals surface area contributed by atoms with Crippen LogP contribution >= 0.6 is 0 Å². The quantitative estimate of drug-likeness (QED) is 0.785. The summed E-state index contributed by atoms with van der Waals surface area (Å²) in [6.07, 6.45) is 1.83. The highest BCUT2D eigenvalue weighted by Gasteiger charge is 2.20. The average Bonchev–Trinajstić information content (AvgIpc) is 3.05. The van der Waals surface area contributed by atoms with Crippen molar-refractivity contribution in [2.45, 2.75) is 0 Å². The molecule has 0 unspecified atom stereocenters. The predicted molar refractivity (Wildman–Crippen MR) is 89.5 cm³/mol. The van der Waals surface area contributed by atoms with Gasteiger partial charge < -0.3 is 14.8 Å². The molecule has 1 fully saturated rings. The molecule has 1 aliphatic heterocycles. The van der Waals surface area contributed by atoms with E-state index >= 15 is 0 Å². The third kappa shape index (κ3) is 2.57. The molecule has 3 heterocycles. The Morgan fingerprint density at radius 1 is 1.04 bits per heavy atom. The van der Waals surface area contributed by atoms with Gasteiger partial charge in [-0.3, -0.25) is 0 Å². The Balaban J connectivity index is 1.51. The Labute approximate surface area is 134 Å². The summed E-state index contributed by atoms with van der Waals surface area (Å²) in [6, 6.07) is 13.7. The first kappa shape index (κ1) is 13.6. The van der Waals surface area contributed by atoms with Crippen LogP contribution in [-0.2, 0) is 0 Å². The van der Waals surface area contributed by atoms with E-state index in [1.807, 2.05) is 36.5 Å². The van der Waals surface area contributed by atoms with Gasteiger partial charge in [0.15, 0.2) is 0 Å². The Hall–Kier alpha value is -3.07. The van der Waals surface area contributed by atoms with Crippen molar-refractivity contribution in [3.05, 3.63) is 48.2 Å². The fraction of sp³-hybridized carbons (Fsp3) is 0.235. The van der Waals surface area contributed by atoms with Crippen molar-refractivity contribution in [1.82, 2.24) is 15.0 Å². The molecule has 1 aromatic carbocycles. The van der Waals surface area contributed by atoms with Gasteiger partial charge in [0.25, 0.3) is 0 Å². The van der Waals surface area contributed by atoms with E-state index in [-0.39, 0.29) is 0 Å². The molecule has 2 aromatic heterocycles. The van der Waals surface area contributed by atoms with Crippen molar-refractivity contribution >= 4 is 22.8 Å². The maximum Gasteiger partial charge on any atom is 0.203 e. The van der Waals surface area contributed by atoms with Crippen molar-refractivity contribution in [1.29, 1.82) is 5.26 Å². The number of hydrogen-bond donors (Lipinski definition) is 1. The maximum absolute atomic E-state index is 8.98. The molecule has 0 saturated carbocycles. The zero-order valence-electron chi connectivity index (χ0n) is 12.6. The molecule has 0 spiro atoms. The van der Waals surface area contributed by atoms with Crippen LogP contribution in [0.4, 0.5) is 11.8 Å². The summed E-state index contributed by atoms with van der Waals surface area (Å²) in [6.45, 7) is 3.61. The fourth-order valence-electron chi connectivity index (χ4n) is 2.90. The summed E-state index contributed by atoms with van der Waals surface area (Å²) in [5.74, 6) is 1.89. The van der Waals surface area contributed by atoms with Crippen molar-refractivity contribution in [3.8, 4) is 6.07 Å². The highest BCUT2D eigenvalue weighted by atomic mass is 15.3. The molecule has 6 heteroatoms. The lowest BCUT2D eigenvalue weighted by atomic mass is 10.2. The van der Waals surface area contributed by atoms with E-state index in [2.05, 4.69) is 30.8 Å². The summed E-state index contributed by atoms with van der Waals surface area (Å²) in [4.78, 5) is 16.9. The minimum absolute atomic E-state index is 0.646. The smallest absolute Gasteiger partial charge is 0.203 e. The first-order valence-electron chi connectivity index (χ1n) is 7.64.